The number of hydrogen-bond acceptors (Lipinski definition) is 4. The highest BCUT2D eigenvalue weighted by Crippen LogP contribution is 2.17. The van der Waals surface area contributed by atoms with Gasteiger partial charge in [-0.2, -0.15) is 0 Å². The summed E-state index contributed by atoms with van der Waals surface area (Å²) in [5.74, 6) is 0.654. The van der Waals surface area contributed by atoms with E-state index in [-0.39, 0.29) is 16.9 Å². The van der Waals surface area contributed by atoms with Crippen molar-refractivity contribution in [1.29, 1.82) is 0 Å². The quantitative estimate of drug-likeness (QED) is 0.840. The van der Waals surface area contributed by atoms with Crippen LogP contribution >= 0.6 is 11.6 Å². The predicted molar refractivity (Wildman–Crippen MR) is 86.7 cm³/mol. The zero-order chi connectivity index (χ0) is 15.9. The van der Waals surface area contributed by atoms with Crippen molar-refractivity contribution in [3.05, 3.63) is 52.9 Å². The minimum Gasteiger partial charge on any atom is -0.440 e. The molecular weight excluding hydrogens is 326 g/mol. The van der Waals surface area contributed by atoms with E-state index in [0.29, 0.717) is 23.8 Å². The molecule has 2 aromatic rings. The maximum Gasteiger partial charge on any atom is 0.291 e. The lowest BCUT2D eigenvalue weighted by Crippen LogP contribution is -2.11. The van der Waals surface area contributed by atoms with E-state index in [1.54, 1.807) is 25.3 Å². The summed E-state index contributed by atoms with van der Waals surface area (Å²) in [4.78, 5) is 12.0. The van der Waals surface area contributed by atoms with E-state index in [1.165, 1.54) is 12.1 Å². The van der Waals surface area contributed by atoms with E-state index < -0.39 is 10.8 Å². The number of carbonyl (C=O) groups excluding carboxylic acids is 1. The van der Waals surface area contributed by atoms with Crippen molar-refractivity contribution in [2.75, 3.05) is 24.8 Å². The first kappa shape index (κ1) is 16.7. The van der Waals surface area contributed by atoms with Gasteiger partial charge >= 0.3 is 0 Å². The number of halogens is 1. The lowest BCUT2D eigenvalue weighted by molar-refractivity contribution is 0.0997. The molecule has 7 heteroatoms. The molecule has 1 aromatic heterocycles. The summed E-state index contributed by atoms with van der Waals surface area (Å²) in [6.07, 6.45) is 0. The molecule has 0 unspecified atom stereocenters. The number of ether oxygens (including phenoxy) is 1. The molecule has 1 heterocycles. The van der Waals surface area contributed by atoms with Gasteiger partial charge in [-0.15, -0.1) is 0 Å². The van der Waals surface area contributed by atoms with Crippen LogP contribution in [-0.4, -0.2) is 29.6 Å². The molecule has 2 rings (SSSR count). The van der Waals surface area contributed by atoms with Crippen LogP contribution in [0.5, 0.6) is 0 Å². The maximum atomic E-state index is 12.0. The first-order chi connectivity index (χ1) is 10.6. The summed E-state index contributed by atoms with van der Waals surface area (Å²) in [7, 11) is 0.579. The molecule has 1 aromatic carbocycles. The fourth-order valence-corrected chi connectivity index (χ4v) is 3.00. The van der Waals surface area contributed by atoms with Gasteiger partial charge < -0.3 is 14.5 Å². The third kappa shape index (κ3) is 4.98. The van der Waals surface area contributed by atoms with Gasteiger partial charge in [-0.3, -0.25) is 9.00 Å². The highest BCUT2D eigenvalue weighted by atomic mass is 35.5. The van der Waals surface area contributed by atoms with E-state index in [1.807, 2.05) is 6.07 Å². The predicted octanol–water partition coefficient (Wildman–Crippen LogP) is 3.08. The molecular formula is C15H16ClNO4S. The third-order valence-electron chi connectivity index (χ3n) is 2.82. The Balaban J connectivity index is 1.99. The summed E-state index contributed by atoms with van der Waals surface area (Å²) in [5.41, 5.74) is 1.49. The Hall–Kier alpha value is -1.63. The molecule has 0 spiro atoms. The third-order valence-corrected chi connectivity index (χ3v) is 4.31. The average molecular weight is 342 g/mol. The van der Waals surface area contributed by atoms with Gasteiger partial charge in [-0.1, -0.05) is 12.1 Å². The number of methoxy groups -OCH3 is 1. The van der Waals surface area contributed by atoms with E-state index in [0.717, 1.165) is 5.56 Å². The van der Waals surface area contributed by atoms with Gasteiger partial charge in [0.25, 0.3) is 5.91 Å². The normalized spacial score (nSPS) is 12.1. The van der Waals surface area contributed by atoms with Gasteiger partial charge in [-0.05, 0) is 41.4 Å². The second-order valence-electron chi connectivity index (χ2n) is 4.54. The van der Waals surface area contributed by atoms with Gasteiger partial charge in [0.15, 0.2) is 11.0 Å². The number of rotatable bonds is 7. The van der Waals surface area contributed by atoms with Crippen molar-refractivity contribution < 1.29 is 18.2 Å². The van der Waals surface area contributed by atoms with Crippen LogP contribution in [0.4, 0.5) is 5.69 Å². The molecule has 0 saturated heterocycles. The fourth-order valence-electron chi connectivity index (χ4n) is 1.80. The SMILES string of the molecule is COCC[S@@](=O)Cc1cccc(NC(=O)c2ccc(Cl)o2)c1. The Morgan fingerprint density at radius 2 is 2.18 bits per heavy atom. The number of carbonyl (C=O) groups is 1. The number of hydrogen-bond donors (Lipinski definition) is 1. The number of nitrogens with one attached hydrogen (secondary N) is 1. The Kier molecular flexibility index (Phi) is 6.18. The summed E-state index contributed by atoms with van der Waals surface area (Å²) in [6.45, 7) is 0.461. The minimum absolute atomic E-state index is 0.138. The van der Waals surface area contributed by atoms with Crippen LogP contribution in [0.25, 0.3) is 0 Å². The zero-order valence-corrected chi connectivity index (χ0v) is 13.6. The zero-order valence-electron chi connectivity index (χ0n) is 12.0. The molecule has 1 amide bonds. The highest BCUT2D eigenvalue weighted by molar-refractivity contribution is 7.84. The van der Waals surface area contributed by atoms with Crippen LogP contribution < -0.4 is 5.32 Å². The van der Waals surface area contributed by atoms with Crippen LogP contribution in [0, 0.1) is 0 Å². The number of benzene rings is 1. The lowest BCUT2D eigenvalue weighted by atomic mass is 10.2. The molecule has 0 radical (unpaired) electrons. The highest BCUT2D eigenvalue weighted by Gasteiger charge is 2.11. The van der Waals surface area contributed by atoms with Crippen molar-refractivity contribution in [3.63, 3.8) is 0 Å². The van der Waals surface area contributed by atoms with Crippen LogP contribution in [-0.2, 0) is 21.3 Å². The van der Waals surface area contributed by atoms with Gasteiger partial charge in [0.05, 0.1) is 6.61 Å². The van der Waals surface area contributed by atoms with Crippen LogP contribution in [0.15, 0.2) is 40.8 Å². The molecule has 0 aliphatic rings. The number of amides is 1. The molecule has 5 nitrogen and oxygen atoms in total. The second kappa shape index (κ2) is 8.12. The molecule has 0 fully saturated rings. The van der Waals surface area contributed by atoms with Crippen LogP contribution in [0.1, 0.15) is 16.1 Å². The van der Waals surface area contributed by atoms with Gasteiger partial charge in [0.2, 0.25) is 0 Å². The number of anilines is 1. The number of furan rings is 1. The molecule has 0 saturated carbocycles. The molecule has 0 aliphatic heterocycles. The van der Waals surface area contributed by atoms with Crippen molar-refractivity contribution in [3.8, 4) is 0 Å². The second-order valence-corrected chi connectivity index (χ2v) is 6.49. The first-order valence-corrected chi connectivity index (χ1v) is 8.44. The monoisotopic (exact) mass is 341 g/mol. The fraction of sp³-hybridized carbons (Fsp3) is 0.267. The molecule has 0 aliphatic carbocycles. The maximum absolute atomic E-state index is 12.0. The molecule has 22 heavy (non-hydrogen) atoms. The average Bonchev–Trinajstić information content (AvgIpc) is 2.92. The molecule has 1 N–H and O–H groups in total. The Bertz CT molecular complexity index is 671. The van der Waals surface area contributed by atoms with Gasteiger partial charge in [0, 0.05) is 35.1 Å². The Morgan fingerprint density at radius 3 is 2.86 bits per heavy atom. The molecule has 1 atom stereocenters. The van der Waals surface area contributed by atoms with Gasteiger partial charge in [0.1, 0.15) is 0 Å². The summed E-state index contributed by atoms with van der Waals surface area (Å²) < 4.78 is 21.8. The van der Waals surface area contributed by atoms with Crippen molar-refractivity contribution in [2.45, 2.75) is 5.75 Å². The lowest BCUT2D eigenvalue weighted by Gasteiger charge is -2.06. The van der Waals surface area contributed by atoms with Gasteiger partial charge in [-0.25, -0.2) is 0 Å². The van der Waals surface area contributed by atoms with E-state index in [4.69, 9.17) is 20.8 Å². The minimum atomic E-state index is -0.998. The van der Waals surface area contributed by atoms with Crippen molar-refractivity contribution in [2.24, 2.45) is 0 Å². The summed E-state index contributed by atoms with van der Waals surface area (Å²) >= 11 is 5.64. The van der Waals surface area contributed by atoms with E-state index >= 15 is 0 Å². The van der Waals surface area contributed by atoms with Crippen molar-refractivity contribution in [1.82, 2.24) is 0 Å². The standard InChI is InChI=1S/C15H16ClNO4S/c1-20-7-8-22(19)10-11-3-2-4-12(9-11)17-15(18)13-5-6-14(16)21-13/h2-6,9H,7-8,10H2,1H3,(H,17,18)/t22-/m1/s1. The Labute approximate surface area is 136 Å². The smallest absolute Gasteiger partial charge is 0.291 e. The summed E-state index contributed by atoms with van der Waals surface area (Å²) in [6, 6.07) is 10.2. The first-order valence-electron chi connectivity index (χ1n) is 6.58. The summed E-state index contributed by atoms with van der Waals surface area (Å²) in [5, 5.41) is 2.87. The topological polar surface area (TPSA) is 68.5 Å². The molecule has 118 valence electrons. The Morgan fingerprint density at radius 1 is 1.36 bits per heavy atom. The van der Waals surface area contributed by atoms with Crippen molar-refractivity contribution >= 4 is 34.0 Å². The largest absolute Gasteiger partial charge is 0.440 e. The van der Waals surface area contributed by atoms with E-state index in [9.17, 15) is 9.00 Å². The molecule has 0 bridgehead atoms. The van der Waals surface area contributed by atoms with Crippen LogP contribution in [0.2, 0.25) is 5.22 Å². The van der Waals surface area contributed by atoms with E-state index in [2.05, 4.69) is 5.32 Å². The van der Waals surface area contributed by atoms with Crippen LogP contribution in [0.3, 0.4) is 0 Å².